The molecule has 0 unspecified atom stereocenters. The van der Waals surface area contributed by atoms with Crippen LogP contribution in [0.3, 0.4) is 0 Å². The molecule has 1 saturated heterocycles. The van der Waals surface area contributed by atoms with Gasteiger partial charge >= 0.3 is 0 Å². The minimum absolute atomic E-state index is 0.00269. The highest BCUT2D eigenvalue weighted by Crippen LogP contribution is 2.28. The van der Waals surface area contributed by atoms with Gasteiger partial charge in [-0.25, -0.2) is 0 Å². The van der Waals surface area contributed by atoms with Crippen LogP contribution in [0.15, 0.2) is 18.2 Å². The average molecular weight is 331 g/mol. The molecule has 1 heterocycles. The lowest BCUT2D eigenvalue weighted by Crippen LogP contribution is -2.60. The van der Waals surface area contributed by atoms with Crippen molar-refractivity contribution < 1.29 is 39.9 Å². The van der Waals surface area contributed by atoms with Crippen molar-refractivity contribution in [2.24, 2.45) is 0 Å². The number of nitrogens with zero attached hydrogens (tertiary/aromatic N) is 1. The maximum absolute atomic E-state index is 10.8. The summed E-state index contributed by atoms with van der Waals surface area (Å²) < 4.78 is 10.5. The van der Waals surface area contributed by atoms with Crippen LogP contribution in [0, 0.1) is 10.1 Å². The molecule has 0 aromatic heterocycles. The van der Waals surface area contributed by atoms with Gasteiger partial charge in [-0.3, -0.25) is 10.1 Å². The molecule has 128 valence electrons. The van der Waals surface area contributed by atoms with E-state index in [-0.39, 0.29) is 17.0 Å². The fraction of sp³-hybridized carbons (Fsp3) is 0.538. The van der Waals surface area contributed by atoms with E-state index < -0.39 is 48.8 Å². The van der Waals surface area contributed by atoms with Crippen molar-refractivity contribution in [1.82, 2.24) is 0 Å². The highest BCUT2D eigenvalue weighted by atomic mass is 16.7. The van der Waals surface area contributed by atoms with Gasteiger partial charge in [0.25, 0.3) is 5.69 Å². The Morgan fingerprint density at radius 3 is 2.43 bits per heavy atom. The van der Waals surface area contributed by atoms with E-state index in [0.717, 1.165) is 6.07 Å². The van der Waals surface area contributed by atoms with E-state index in [0.29, 0.717) is 0 Å². The number of nitro groups is 1. The van der Waals surface area contributed by atoms with E-state index in [1.807, 2.05) is 0 Å². The monoisotopic (exact) mass is 331 g/mol. The number of ether oxygens (including phenoxy) is 2. The molecule has 10 heteroatoms. The van der Waals surface area contributed by atoms with E-state index in [1.54, 1.807) is 0 Å². The van der Waals surface area contributed by atoms with Gasteiger partial charge in [0.05, 0.1) is 23.7 Å². The van der Waals surface area contributed by atoms with Crippen LogP contribution in [-0.4, -0.2) is 67.8 Å². The van der Waals surface area contributed by atoms with Crippen LogP contribution < -0.4 is 4.74 Å². The molecule has 0 amide bonds. The topological polar surface area (TPSA) is 163 Å². The fourth-order valence-electron chi connectivity index (χ4n) is 2.24. The minimum atomic E-state index is -1.60. The number of aliphatic hydroxyl groups is 5. The van der Waals surface area contributed by atoms with Crippen LogP contribution in [0.5, 0.6) is 5.75 Å². The lowest BCUT2D eigenvalue weighted by atomic mass is 9.99. The molecular weight excluding hydrogens is 314 g/mol. The van der Waals surface area contributed by atoms with Gasteiger partial charge in [0, 0.05) is 6.07 Å². The molecule has 1 aliphatic rings. The molecular formula is C13H17NO9. The zero-order valence-electron chi connectivity index (χ0n) is 11.8. The van der Waals surface area contributed by atoms with Crippen LogP contribution in [0.2, 0.25) is 0 Å². The smallest absolute Gasteiger partial charge is 0.275 e. The van der Waals surface area contributed by atoms with E-state index in [1.165, 1.54) is 12.1 Å². The van der Waals surface area contributed by atoms with Crippen molar-refractivity contribution in [3.8, 4) is 5.75 Å². The molecule has 2 rings (SSSR count). The third kappa shape index (κ3) is 3.58. The van der Waals surface area contributed by atoms with Crippen LogP contribution in [0.1, 0.15) is 5.56 Å². The molecule has 10 nitrogen and oxygen atoms in total. The first-order valence-electron chi connectivity index (χ1n) is 6.74. The maximum Gasteiger partial charge on any atom is 0.275 e. The van der Waals surface area contributed by atoms with Gasteiger partial charge in [-0.2, -0.15) is 0 Å². The van der Waals surface area contributed by atoms with E-state index in [2.05, 4.69) is 0 Å². The van der Waals surface area contributed by atoms with Crippen molar-refractivity contribution in [2.75, 3.05) is 6.61 Å². The van der Waals surface area contributed by atoms with Gasteiger partial charge in [0.15, 0.2) is 0 Å². The second-order valence-corrected chi connectivity index (χ2v) is 5.02. The Morgan fingerprint density at radius 1 is 1.17 bits per heavy atom. The first-order chi connectivity index (χ1) is 10.9. The summed E-state index contributed by atoms with van der Waals surface area (Å²) in [6, 6.07) is 3.54. The summed E-state index contributed by atoms with van der Waals surface area (Å²) in [5, 5.41) is 58.2. The highest BCUT2D eigenvalue weighted by Gasteiger charge is 2.44. The molecule has 5 N–H and O–H groups in total. The van der Waals surface area contributed by atoms with Crippen LogP contribution in [-0.2, 0) is 11.3 Å². The summed E-state index contributed by atoms with van der Waals surface area (Å²) in [4.78, 5) is 10.1. The zero-order valence-corrected chi connectivity index (χ0v) is 11.8. The standard InChI is InChI=1S/C13H17NO9/c15-4-6-3-7(1-2-8(6)14(20)21)22-13-12(19)11(18)10(17)9(5-16)23-13/h1-3,9-13,15-19H,4-5H2/t9-,10+,11+,12-,13-/m1/s1. The summed E-state index contributed by atoms with van der Waals surface area (Å²) in [7, 11) is 0. The van der Waals surface area contributed by atoms with Crippen LogP contribution >= 0.6 is 0 Å². The average Bonchev–Trinajstić information content (AvgIpc) is 2.54. The molecule has 0 aliphatic carbocycles. The molecule has 1 aliphatic heterocycles. The van der Waals surface area contributed by atoms with Gasteiger partial charge in [0.1, 0.15) is 30.2 Å². The molecule has 1 aromatic carbocycles. The van der Waals surface area contributed by atoms with Crippen molar-refractivity contribution in [3.63, 3.8) is 0 Å². The Hall–Kier alpha value is -1.82. The van der Waals surface area contributed by atoms with E-state index in [9.17, 15) is 25.4 Å². The molecule has 1 aromatic rings. The summed E-state index contributed by atoms with van der Waals surface area (Å²) in [5.74, 6) is 0.0454. The van der Waals surface area contributed by atoms with Gasteiger partial charge < -0.3 is 35.0 Å². The number of nitro benzene ring substituents is 1. The number of hydrogen-bond acceptors (Lipinski definition) is 9. The fourth-order valence-corrected chi connectivity index (χ4v) is 2.24. The number of benzene rings is 1. The Kier molecular flexibility index (Phi) is 5.46. The first kappa shape index (κ1) is 17.5. The zero-order chi connectivity index (χ0) is 17.1. The van der Waals surface area contributed by atoms with E-state index >= 15 is 0 Å². The SMILES string of the molecule is O=[N+]([O-])c1ccc(O[C@@H]2O[C@H](CO)[C@H](O)[C@H](O)[C@H]2O)cc1CO. The maximum atomic E-state index is 10.8. The highest BCUT2D eigenvalue weighted by molar-refractivity contribution is 5.44. The van der Waals surface area contributed by atoms with Crippen LogP contribution in [0.4, 0.5) is 5.69 Å². The van der Waals surface area contributed by atoms with E-state index in [4.69, 9.17) is 19.7 Å². The lowest BCUT2D eigenvalue weighted by molar-refractivity contribution is -0.385. The summed E-state index contributed by atoms with van der Waals surface area (Å²) >= 11 is 0. The van der Waals surface area contributed by atoms with Crippen molar-refractivity contribution in [3.05, 3.63) is 33.9 Å². The minimum Gasteiger partial charge on any atom is -0.462 e. The lowest BCUT2D eigenvalue weighted by Gasteiger charge is -2.39. The van der Waals surface area contributed by atoms with Gasteiger partial charge in [-0.05, 0) is 12.1 Å². The number of aliphatic hydroxyl groups excluding tert-OH is 5. The second-order valence-electron chi connectivity index (χ2n) is 5.02. The molecule has 0 spiro atoms. The second kappa shape index (κ2) is 7.17. The largest absolute Gasteiger partial charge is 0.462 e. The molecule has 0 bridgehead atoms. The van der Waals surface area contributed by atoms with Crippen LogP contribution in [0.25, 0.3) is 0 Å². The molecule has 0 saturated carbocycles. The quantitative estimate of drug-likeness (QED) is 0.311. The van der Waals surface area contributed by atoms with Gasteiger partial charge in [0.2, 0.25) is 6.29 Å². The molecule has 5 atom stereocenters. The molecule has 23 heavy (non-hydrogen) atoms. The molecule has 0 radical (unpaired) electrons. The van der Waals surface area contributed by atoms with Crippen molar-refractivity contribution in [1.29, 1.82) is 0 Å². The van der Waals surface area contributed by atoms with Crippen molar-refractivity contribution >= 4 is 5.69 Å². The number of rotatable bonds is 5. The third-order valence-corrected chi connectivity index (χ3v) is 3.52. The summed E-state index contributed by atoms with van der Waals surface area (Å²) in [5.41, 5.74) is -0.300. The third-order valence-electron chi connectivity index (χ3n) is 3.52. The van der Waals surface area contributed by atoms with Gasteiger partial charge in [-0.1, -0.05) is 0 Å². The van der Waals surface area contributed by atoms with Crippen molar-refractivity contribution in [2.45, 2.75) is 37.3 Å². The van der Waals surface area contributed by atoms with Gasteiger partial charge in [-0.15, -0.1) is 0 Å². The predicted octanol–water partition coefficient (Wildman–Crippen LogP) is -1.73. The molecule has 1 fully saturated rings. The Morgan fingerprint density at radius 2 is 1.87 bits per heavy atom. The number of hydrogen-bond donors (Lipinski definition) is 5. The predicted molar refractivity (Wildman–Crippen MR) is 73.4 cm³/mol. The normalized spacial score (nSPS) is 30.9. The Balaban J connectivity index is 2.19. The summed E-state index contributed by atoms with van der Waals surface area (Å²) in [6.07, 6.45) is -7.24. The Labute approximate surface area is 130 Å². The Bertz CT molecular complexity index is 564. The first-order valence-corrected chi connectivity index (χ1v) is 6.74. The summed E-state index contributed by atoms with van der Waals surface area (Å²) in [6.45, 7) is -1.20.